The molecular weight excluding hydrogens is 392 g/mol. The van der Waals surface area contributed by atoms with E-state index in [1.165, 1.54) is 48.0 Å². The second-order valence-electron chi connectivity index (χ2n) is 6.67. The van der Waals surface area contributed by atoms with Crippen molar-refractivity contribution in [3.05, 3.63) is 40.6 Å². The Kier molecular flexibility index (Phi) is 7.16. The van der Waals surface area contributed by atoms with Gasteiger partial charge in [0, 0.05) is 19.3 Å². The third-order valence-electron chi connectivity index (χ3n) is 4.54. The number of anilines is 1. The molecule has 2 aromatic rings. The number of amides is 1. The summed E-state index contributed by atoms with van der Waals surface area (Å²) in [7, 11) is 2.12. The molecule has 0 aliphatic carbocycles. The van der Waals surface area contributed by atoms with Gasteiger partial charge in [0.1, 0.15) is 4.32 Å². The molecule has 1 amide bonds. The average Bonchev–Trinajstić information content (AvgIpc) is 3.30. The molecule has 1 fully saturated rings. The molecule has 2 heterocycles. The van der Waals surface area contributed by atoms with Crippen molar-refractivity contribution in [1.29, 1.82) is 0 Å². The first-order valence-corrected chi connectivity index (χ1v) is 10.6. The Morgan fingerprint density at radius 2 is 2.04 bits per heavy atom. The van der Waals surface area contributed by atoms with E-state index in [0.29, 0.717) is 15.1 Å². The molecule has 0 spiro atoms. The molecule has 0 unspecified atom stereocenters. The largest absolute Gasteiger partial charge is 0.375 e. The van der Waals surface area contributed by atoms with Crippen LogP contribution < -0.4 is 4.90 Å². The van der Waals surface area contributed by atoms with Gasteiger partial charge in [-0.1, -0.05) is 67.5 Å². The third-order valence-corrected chi connectivity index (χ3v) is 5.92. The van der Waals surface area contributed by atoms with Crippen molar-refractivity contribution < 1.29 is 4.79 Å². The van der Waals surface area contributed by atoms with E-state index in [-0.39, 0.29) is 12.5 Å². The molecule has 148 valence electrons. The maximum atomic E-state index is 12.6. The number of benzene rings is 1. The number of thiocarbonyl (C=S) groups is 1. The van der Waals surface area contributed by atoms with E-state index in [0.717, 1.165) is 12.1 Å². The van der Waals surface area contributed by atoms with Crippen LogP contribution in [0.5, 0.6) is 0 Å². The van der Waals surface area contributed by atoms with Gasteiger partial charge in [0.25, 0.3) is 5.91 Å². The van der Waals surface area contributed by atoms with Crippen LogP contribution in [-0.2, 0) is 11.3 Å². The number of hydrogen-bond donors (Lipinski definition) is 1. The topological polar surface area (TPSA) is 78.0 Å². The van der Waals surface area contributed by atoms with Gasteiger partial charge in [0.05, 0.1) is 11.4 Å². The number of unbranched alkanes of at least 4 members (excludes halogenated alkanes) is 3. The molecule has 1 saturated heterocycles. The SMILES string of the molecule is CCCCCCN(C)c1ccc(/C=C2\SC(=S)N(Cc3nn[nH]n3)C2=O)cc1. The van der Waals surface area contributed by atoms with E-state index >= 15 is 0 Å². The number of rotatable bonds is 9. The normalized spacial score (nSPS) is 15.6. The van der Waals surface area contributed by atoms with Crippen LogP contribution in [0, 0.1) is 0 Å². The molecule has 0 radical (unpaired) electrons. The fraction of sp³-hybridized carbons (Fsp3) is 0.421. The highest BCUT2D eigenvalue weighted by atomic mass is 32.2. The highest BCUT2D eigenvalue weighted by Gasteiger charge is 2.32. The minimum absolute atomic E-state index is 0.128. The predicted molar refractivity (Wildman–Crippen MR) is 117 cm³/mol. The summed E-state index contributed by atoms with van der Waals surface area (Å²) in [6.45, 7) is 3.50. The molecule has 0 saturated carbocycles. The third kappa shape index (κ3) is 5.17. The molecular formula is C19H24N6OS2. The van der Waals surface area contributed by atoms with Gasteiger partial charge in [-0.25, -0.2) is 0 Å². The number of nitrogens with zero attached hydrogens (tertiary/aromatic N) is 5. The van der Waals surface area contributed by atoms with Crippen LogP contribution in [0.15, 0.2) is 29.2 Å². The molecule has 0 atom stereocenters. The van der Waals surface area contributed by atoms with E-state index in [1.807, 2.05) is 18.2 Å². The minimum atomic E-state index is -0.128. The van der Waals surface area contributed by atoms with Crippen molar-refractivity contribution in [2.75, 3.05) is 18.5 Å². The summed E-state index contributed by atoms with van der Waals surface area (Å²) in [4.78, 5) is 17.0. The number of H-pyrrole nitrogens is 1. The van der Waals surface area contributed by atoms with Gasteiger partial charge >= 0.3 is 0 Å². The van der Waals surface area contributed by atoms with Crippen LogP contribution in [0.3, 0.4) is 0 Å². The first-order valence-electron chi connectivity index (χ1n) is 9.37. The van der Waals surface area contributed by atoms with Gasteiger partial charge in [-0.3, -0.25) is 9.69 Å². The lowest BCUT2D eigenvalue weighted by molar-refractivity contribution is -0.122. The molecule has 1 aliphatic rings. The zero-order valence-corrected chi connectivity index (χ0v) is 17.7. The maximum absolute atomic E-state index is 12.6. The van der Waals surface area contributed by atoms with Gasteiger partial charge in [-0.05, 0) is 30.2 Å². The van der Waals surface area contributed by atoms with E-state index in [9.17, 15) is 4.79 Å². The van der Waals surface area contributed by atoms with Crippen molar-refractivity contribution >= 4 is 46.0 Å². The molecule has 1 aromatic heterocycles. The van der Waals surface area contributed by atoms with Crippen molar-refractivity contribution in [3.63, 3.8) is 0 Å². The first kappa shape index (κ1) is 20.5. The molecule has 9 heteroatoms. The van der Waals surface area contributed by atoms with Crippen molar-refractivity contribution in [3.8, 4) is 0 Å². The summed E-state index contributed by atoms with van der Waals surface area (Å²) in [5, 5.41) is 13.7. The predicted octanol–water partition coefficient (Wildman–Crippen LogP) is 3.62. The molecule has 1 aliphatic heterocycles. The van der Waals surface area contributed by atoms with Crippen molar-refractivity contribution in [1.82, 2.24) is 25.5 Å². The Balaban J connectivity index is 1.62. The summed E-state index contributed by atoms with van der Waals surface area (Å²) in [6.07, 6.45) is 6.89. The van der Waals surface area contributed by atoms with Crippen LogP contribution in [0.25, 0.3) is 6.08 Å². The van der Waals surface area contributed by atoms with Gasteiger partial charge in [0.15, 0.2) is 5.82 Å². The molecule has 1 aromatic carbocycles. The Bertz CT molecular complexity index is 835. The monoisotopic (exact) mass is 416 g/mol. The number of tetrazole rings is 1. The van der Waals surface area contributed by atoms with E-state index in [4.69, 9.17) is 12.2 Å². The van der Waals surface area contributed by atoms with Crippen LogP contribution in [0.1, 0.15) is 44.0 Å². The summed E-state index contributed by atoms with van der Waals surface area (Å²) in [5.74, 6) is 0.306. The van der Waals surface area contributed by atoms with Gasteiger partial charge in [0.2, 0.25) is 0 Å². The Labute approximate surface area is 174 Å². The quantitative estimate of drug-likeness (QED) is 0.380. The Hall–Kier alpha value is -2.26. The number of aromatic amines is 1. The van der Waals surface area contributed by atoms with E-state index < -0.39 is 0 Å². The second-order valence-corrected chi connectivity index (χ2v) is 8.35. The molecule has 1 N–H and O–H groups in total. The van der Waals surface area contributed by atoms with Crippen LogP contribution in [0.2, 0.25) is 0 Å². The maximum Gasteiger partial charge on any atom is 0.266 e. The second kappa shape index (κ2) is 9.79. The zero-order chi connectivity index (χ0) is 19.9. The summed E-state index contributed by atoms with van der Waals surface area (Å²) >= 11 is 6.63. The highest BCUT2D eigenvalue weighted by Crippen LogP contribution is 2.33. The lowest BCUT2D eigenvalue weighted by Gasteiger charge is -2.19. The number of aromatic nitrogens is 4. The fourth-order valence-electron chi connectivity index (χ4n) is 2.91. The van der Waals surface area contributed by atoms with Crippen molar-refractivity contribution in [2.24, 2.45) is 0 Å². The van der Waals surface area contributed by atoms with Crippen LogP contribution in [-0.4, -0.2) is 49.3 Å². The van der Waals surface area contributed by atoms with Gasteiger partial charge < -0.3 is 4.90 Å². The lowest BCUT2D eigenvalue weighted by Crippen LogP contribution is -2.27. The van der Waals surface area contributed by atoms with Gasteiger partial charge in [-0.2, -0.15) is 5.21 Å². The number of carbonyl (C=O) groups excluding carboxylic acids is 1. The van der Waals surface area contributed by atoms with Crippen LogP contribution >= 0.6 is 24.0 Å². The number of hydrogen-bond acceptors (Lipinski definition) is 7. The minimum Gasteiger partial charge on any atom is -0.375 e. The summed E-state index contributed by atoms with van der Waals surface area (Å²) < 4.78 is 0.504. The van der Waals surface area contributed by atoms with E-state index in [1.54, 1.807) is 0 Å². The molecule has 7 nitrogen and oxygen atoms in total. The number of carbonyl (C=O) groups is 1. The fourth-order valence-corrected chi connectivity index (χ4v) is 4.16. The number of thioether (sulfide) groups is 1. The smallest absolute Gasteiger partial charge is 0.266 e. The Morgan fingerprint density at radius 1 is 1.25 bits per heavy atom. The first-order chi connectivity index (χ1) is 13.6. The van der Waals surface area contributed by atoms with Crippen molar-refractivity contribution in [2.45, 2.75) is 39.2 Å². The molecule has 28 heavy (non-hydrogen) atoms. The summed E-state index contributed by atoms with van der Waals surface area (Å²) in [5.41, 5.74) is 2.15. The standard InChI is InChI=1S/C19H24N6OS2/c1-3-4-5-6-11-24(2)15-9-7-14(8-10-15)12-16-18(26)25(19(27)28-16)13-17-20-22-23-21-17/h7-10,12H,3-6,11,13H2,1-2H3,(H,20,21,22,23)/b16-12-. The highest BCUT2D eigenvalue weighted by molar-refractivity contribution is 8.26. The number of nitrogens with one attached hydrogen (secondary N) is 1. The molecule has 0 bridgehead atoms. The Morgan fingerprint density at radius 3 is 2.71 bits per heavy atom. The lowest BCUT2D eigenvalue weighted by atomic mass is 10.1. The average molecular weight is 417 g/mol. The van der Waals surface area contributed by atoms with Gasteiger partial charge in [-0.15, -0.1) is 10.2 Å². The van der Waals surface area contributed by atoms with E-state index in [2.05, 4.69) is 51.6 Å². The summed E-state index contributed by atoms with van der Waals surface area (Å²) in [6, 6.07) is 8.24. The van der Waals surface area contributed by atoms with Crippen LogP contribution in [0.4, 0.5) is 5.69 Å². The molecule has 3 rings (SSSR count). The zero-order valence-electron chi connectivity index (χ0n) is 16.1.